The standard InChI is InChI=1S/C11H15NO2/c1-9-3-5-11(6-4-9)12-7-8-14-10(2)13/h3-6,12H,7-8H2,1-2H3. The van der Waals surface area contributed by atoms with Crippen molar-refractivity contribution in [3.8, 4) is 0 Å². The van der Waals surface area contributed by atoms with Crippen molar-refractivity contribution in [1.82, 2.24) is 0 Å². The van der Waals surface area contributed by atoms with Gasteiger partial charge in [0.1, 0.15) is 6.61 Å². The Labute approximate surface area is 84.1 Å². The lowest BCUT2D eigenvalue weighted by Crippen LogP contribution is -2.11. The Morgan fingerprint density at radius 2 is 2.00 bits per heavy atom. The van der Waals surface area contributed by atoms with Crippen LogP contribution in [0.3, 0.4) is 0 Å². The molecule has 1 aromatic rings. The molecule has 76 valence electrons. The number of hydrogen-bond acceptors (Lipinski definition) is 3. The number of nitrogens with one attached hydrogen (secondary N) is 1. The Kier molecular flexibility index (Phi) is 3.98. The van der Waals surface area contributed by atoms with Crippen LogP contribution in [-0.2, 0) is 9.53 Å². The average Bonchev–Trinajstić information content (AvgIpc) is 2.15. The lowest BCUT2D eigenvalue weighted by atomic mass is 10.2. The SMILES string of the molecule is CC(=O)OCCNc1ccc(C)cc1. The zero-order valence-electron chi connectivity index (χ0n) is 8.54. The second-order valence-electron chi connectivity index (χ2n) is 3.13. The second-order valence-corrected chi connectivity index (χ2v) is 3.13. The molecule has 0 aromatic heterocycles. The van der Waals surface area contributed by atoms with Crippen molar-refractivity contribution < 1.29 is 9.53 Å². The predicted octanol–water partition coefficient (Wildman–Crippen LogP) is 1.97. The average molecular weight is 193 g/mol. The zero-order chi connectivity index (χ0) is 10.4. The molecule has 0 aliphatic heterocycles. The summed E-state index contributed by atoms with van der Waals surface area (Å²) in [6.45, 7) is 4.50. The highest BCUT2D eigenvalue weighted by Gasteiger charge is 1.93. The van der Waals surface area contributed by atoms with Crippen molar-refractivity contribution in [2.75, 3.05) is 18.5 Å². The largest absolute Gasteiger partial charge is 0.464 e. The van der Waals surface area contributed by atoms with E-state index in [9.17, 15) is 4.79 Å². The molecule has 3 heteroatoms. The van der Waals surface area contributed by atoms with Gasteiger partial charge in [0.25, 0.3) is 0 Å². The van der Waals surface area contributed by atoms with Crippen LogP contribution in [-0.4, -0.2) is 19.1 Å². The minimum Gasteiger partial charge on any atom is -0.464 e. The van der Waals surface area contributed by atoms with E-state index in [0.29, 0.717) is 13.2 Å². The summed E-state index contributed by atoms with van der Waals surface area (Å²) in [6, 6.07) is 8.08. The molecule has 0 spiro atoms. The van der Waals surface area contributed by atoms with Gasteiger partial charge in [-0.3, -0.25) is 4.79 Å². The molecule has 1 rings (SSSR count). The van der Waals surface area contributed by atoms with E-state index in [-0.39, 0.29) is 5.97 Å². The number of aryl methyl sites for hydroxylation is 1. The number of ether oxygens (including phenoxy) is 1. The minimum absolute atomic E-state index is 0.240. The summed E-state index contributed by atoms with van der Waals surface area (Å²) in [5, 5.41) is 3.15. The van der Waals surface area contributed by atoms with Crippen molar-refractivity contribution in [2.24, 2.45) is 0 Å². The van der Waals surface area contributed by atoms with E-state index in [1.165, 1.54) is 12.5 Å². The molecular weight excluding hydrogens is 178 g/mol. The van der Waals surface area contributed by atoms with Gasteiger partial charge in [-0.05, 0) is 19.1 Å². The van der Waals surface area contributed by atoms with Gasteiger partial charge in [0, 0.05) is 19.2 Å². The summed E-state index contributed by atoms with van der Waals surface area (Å²) >= 11 is 0. The van der Waals surface area contributed by atoms with Gasteiger partial charge in [0.15, 0.2) is 0 Å². The van der Waals surface area contributed by atoms with Crippen LogP contribution >= 0.6 is 0 Å². The number of benzene rings is 1. The van der Waals surface area contributed by atoms with E-state index in [1.54, 1.807) is 0 Å². The molecule has 0 saturated carbocycles. The van der Waals surface area contributed by atoms with Crippen molar-refractivity contribution in [1.29, 1.82) is 0 Å². The molecule has 0 radical (unpaired) electrons. The van der Waals surface area contributed by atoms with Crippen LogP contribution < -0.4 is 5.32 Å². The summed E-state index contributed by atoms with van der Waals surface area (Å²) in [7, 11) is 0. The van der Waals surface area contributed by atoms with Crippen molar-refractivity contribution >= 4 is 11.7 Å². The third-order valence-corrected chi connectivity index (χ3v) is 1.79. The predicted molar refractivity (Wildman–Crippen MR) is 56.3 cm³/mol. The van der Waals surface area contributed by atoms with E-state index < -0.39 is 0 Å². The first-order chi connectivity index (χ1) is 6.68. The molecule has 0 bridgehead atoms. The molecule has 0 saturated heterocycles. The van der Waals surface area contributed by atoms with Crippen LogP contribution in [0, 0.1) is 6.92 Å². The normalized spacial score (nSPS) is 9.57. The highest BCUT2D eigenvalue weighted by Crippen LogP contribution is 2.07. The van der Waals surface area contributed by atoms with Crippen molar-refractivity contribution in [3.63, 3.8) is 0 Å². The van der Waals surface area contributed by atoms with E-state index in [4.69, 9.17) is 4.74 Å². The maximum atomic E-state index is 10.4. The summed E-state index contributed by atoms with van der Waals surface area (Å²) in [6.07, 6.45) is 0. The fourth-order valence-corrected chi connectivity index (χ4v) is 1.06. The summed E-state index contributed by atoms with van der Waals surface area (Å²) in [5.41, 5.74) is 2.28. The van der Waals surface area contributed by atoms with Crippen LogP contribution in [0.4, 0.5) is 5.69 Å². The Balaban J connectivity index is 2.25. The van der Waals surface area contributed by atoms with E-state index in [1.807, 2.05) is 31.2 Å². The molecular formula is C11H15NO2. The summed E-state index contributed by atoms with van der Waals surface area (Å²) < 4.78 is 4.79. The monoisotopic (exact) mass is 193 g/mol. The number of hydrogen-bond donors (Lipinski definition) is 1. The van der Waals surface area contributed by atoms with Gasteiger partial charge in [-0.25, -0.2) is 0 Å². The first-order valence-electron chi connectivity index (χ1n) is 4.62. The van der Waals surface area contributed by atoms with E-state index >= 15 is 0 Å². The molecule has 14 heavy (non-hydrogen) atoms. The van der Waals surface area contributed by atoms with Gasteiger partial charge in [0.2, 0.25) is 0 Å². The molecule has 3 nitrogen and oxygen atoms in total. The van der Waals surface area contributed by atoms with E-state index in [0.717, 1.165) is 5.69 Å². The van der Waals surface area contributed by atoms with Gasteiger partial charge >= 0.3 is 5.97 Å². The smallest absolute Gasteiger partial charge is 0.302 e. The van der Waals surface area contributed by atoms with E-state index in [2.05, 4.69) is 5.32 Å². The van der Waals surface area contributed by atoms with Crippen molar-refractivity contribution in [2.45, 2.75) is 13.8 Å². The Morgan fingerprint density at radius 1 is 1.36 bits per heavy atom. The number of anilines is 1. The molecule has 0 unspecified atom stereocenters. The summed E-state index contributed by atoms with van der Waals surface area (Å²) in [5.74, 6) is -0.240. The molecule has 0 heterocycles. The Hall–Kier alpha value is -1.51. The lowest BCUT2D eigenvalue weighted by molar-refractivity contribution is -0.140. The molecule has 1 aromatic carbocycles. The van der Waals surface area contributed by atoms with Gasteiger partial charge in [0.05, 0.1) is 0 Å². The first kappa shape index (κ1) is 10.6. The number of rotatable bonds is 4. The van der Waals surface area contributed by atoms with Gasteiger partial charge < -0.3 is 10.1 Å². The highest BCUT2D eigenvalue weighted by molar-refractivity contribution is 5.65. The molecule has 0 fully saturated rings. The minimum atomic E-state index is -0.240. The molecule has 0 aliphatic rings. The molecule has 0 aliphatic carbocycles. The fourth-order valence-electron chi connectivity index (χ4n) is 1.06. The van der Waals surface area contributed by atoms with Gasteiger partial charge in [-0.15, -0.1) is 0 Å². The Morgan fingerprint density at radius 3 is 2.57 bits per heavy atom. The second kappa shape index (κ2) is 5.27. The fraction of sp³-hybridized carbons (Fsp3) is 0.364. The van der Waals surface area contributed by atoms with Crippen LogP contribution in [0.15, 0.2) is 24.3 Å². The van der Waals surface area contributed by atoms with Crippen LogP contribution in [0.1, 0.15) is 12.5 Å². The Bertz CT molecular complexity index is 293. The highest BCUT2D eigenvalue weighted by atomic mass is 16.5. The summed E-state index contributed by atoms with van der Waals surface area (Å²) in [4.78, 5) is 10.4. The van der Waals surface area contributed by atoms with Crippen molar-refractivity contribution in [3.05, 3.63) is 29.8 Å². The van der Waals surface area contributed by atoms with Gasteiger partial charge in [-0.1, -0.05) is 17.7 Å². The number of carbonyl (C=O) groups excluding carboxylic acids is 1. The van der Waals surface area contributed by atoms with Crippen LogP contribution in [0.5, 0.6) is 0 Å². The van der Waals surface area contributed by atoms with Gasteiger partial charge in [-0.2, -0.15) is 0 Å². The maximum absolute atomic E-state index is 10.4. The number of carbonyl (C=O) groups is 1. The third kappa shape index (κ3) is 3.94. The lowest BCUT2D eigenvalue weighted by Gasteiger charge is -2.06. The maximum Gasteiger partial charge on any atom is 0.302 e. The third-order valence-electron chi connectivity index (χ3n) is 1.79. The van der Waals surface area contributed by atoms with Crippen LogP contribution in [0.2, 0.25) is 0 Å². The zero-order valence-corrected chi connectivity index (χ0v) is 8.54. The molecule has 0 atom stereocenters. The first-order valence-corrected chi connectivity index (χ1v) is 4.62. The number of esters is 1. The molecule has 1 N–H and O–H groups in total. The topological polar surface area (TPSA) is 38.3 Å². The van der Waals surface area contributed by atoms with Crippen LogP contribution in [0.25, 0.3) is 0 Å². The quantitative estimate of drug-likeness (QED) is 0.587. The molecule has 0 amide bonds.